The van der Waals surface area contributed by atoms with Crippen LogP contribution in [0.1, 0.15) is 50.7 Å². The Morgan fingerprint density at radius 2 is 1.58 bits per heavy atom. The number of carbonyl (C=O) groups is 3. The zero-order chi connectivity index (χ0) is 32.2. The first-order valence-corrected chi connectivity index (χ1v) is 13.5. The SMILES string of the molecule is CCOc1ncc(C2(O)CCN(Cc3cccc(OC)c3OC)CC2)c(OCC)n1.O=C(O)CC(O)(CC(=O)O)C(=O)O. The summed E-state index contributed by atoms with van der Waals surface area (Å²) < 4.78 is 22.0. The number of methoxy groups -OCH3 is 2. The molecule has 1 aliphatic heterocycles. The third kappa shape index (κ3) is 9.66. The van der Waals surface area contributed by atoms with E-state index in [-0.39, 0.29) is 6.01 Å². The largest absolute Gasteiger partial charge is 0.493 e. The Morgan fingerprint density at radius 3 is 2.07 bits per heavy atom. The summed E-state index contributed by atoms with van der Waals surface area (Å²) in [5, 5.41) is 45.2. The van der Waals surface area contributed by atoms with Gasteiger partial charge in [-0.2, -0.15) is 4.98 Å². The Hall–Kier alpha value is -4.21. The minimum Gasteiger partial charge on any atom is -0.493 e. The number of nitrogens with zero attached hydrogens (tertiary/aromatic N) is 3. The fourth-order valence-corrected chi connectivity index (χ4v) is 4.50. The summed E-state index contributed by atoms with van der Waals surface area (Å²) in [6.07, 6.45) is 0.445. The number of likely N-dealkylation sites (tertiary alicyclic amines) is 1. The van der Waals surface area contributed by atoms with Crippen LogP contribution in [0.4, 0.5) is 0 Å². The summed E-state index contributed by atoms with van der Waals surface area (Å²) in [5.41, 5.74) is -2.10. The van der Waals surface area contributed by atoms with Gasteiger partial charge in [0.15, 0.2) is 17.1 Å². The Morgan fingerprint density at radius 1 is 0.977 bits per heavy atom. The van der Waals surface area contributed by atoms with Crippen LogP contribution in [0.5, 0.6) is 23.4 Å². The Bertz CT molecular complexity index is 1230. The van der Waals surface area contributed by atoms with Crippen molar-refractivity contribution in [2.45, 2.75) is 57.3 Å². The van der Waals surface area contributed by atoms with Gasteiger partial charge in [0.2, 0.25) is 5.88 Å². The lowest BCUT2D eigenvalue weighted by atomic mass is 9.85. The van der Waals surface area contributed by atoms with Crippen molar-refractivity contribution in [2.75, 3.05) is 40.5 Å². The number of para-hydroxylation sites is 1. The van der Waals surface area contributed by atoms with Crippen molar-refractivity contribution < 1.29 is 58.9 Å². The summed E-state index contributed by atoms with van der Waals surface area (Å²) in [6, 6.07) is 6.15. The number of hydrogen-bond donors (Lipinski definition) is 5. The molecular weight excluding hydrogens is 570 g/mol. The maximum absolute atomic E-state index is 11.4. The molecule has 3 rings (SSSR count). The van der Waals surface area contributed by atoms with E-state index in [1.54, 1.807) is 20.4 Å². The average Bonchev–Trinajstić information content (AvgIpc) is 2.94. The van der Waals surface area contributed by atoms with Gasteiger partial charge in [-0.05, 0) is 32.8 Å². The molecule has 1 saturated heterocycles. The molecule has 0 saturated carbocycles. The topological polar surface area (TPSA) is 218 Å². The summed E-state index contributed by atoms with van der Waals surface area (Å²) in [7, 11) is 3.29. The zero-order valence-electron chi connectivity index (χ0n) is 24.6. The van der Waals surface area contributed by atoms with Gasteiger partial charge in [-0.15, -0.1) is 0 Å². The predicted octanol–water partition coefficient (Wildman–Crippen LogP) is 1.53. The highest BCUT2D eigenvalue weighted by molar-refractivity contribution is 5.88. The van der Waals surface area contributed by atoms with Crippen LogP contribution in [-0.4, -0.2) is 104 Å². The van der Waals surface area contributed by atoms with Crippen molar-refractivity contribution in [2.24, 2.45) is 0 Å². The van der Waals surface area contributed by atoms with Crippen molar-refractivity contribution in [3.8, 4) is 23.4 Å². The highest BCUT2D eigenvalue weighted by Gasteiger charge is 2.41. The lowest BCUT2D eigenvalue weighted by Crippen LogP contribution is -2.42. The predicted molar refractivity (Wildman–Crippen MR) is 149 cm³/mol. The number of piperidine rings is 1. The van der Waals surface area contributed by atoms with Gasteiger partial charge in [0.25, 0.3) is 0 Å². The quantitative estimate of drug-likeness (QED) is 0.205. The van der Waals surface area contributed by atoms with E-state index in [1.165, 1.54) is 0 Å². The zero-order valence-corrected chi connectivity index (χ0v) is 24.6. The molecular formula is C28H39N3O12. The van der Waals surface area contributed by atoms with E-state index < -0.39 is 42.0 Å². The second-order valence-corrected chi connectivity index (χ2v) is 9.68. The van der Waals surface area contributed by atoms with Gasteiger partial charge in [-0.1, -0.05) is 12.1 Å². The Kier molecular flexibility index (Phi) is 12.9. The summed E-state index contributed by atoms with van der Waals surface area (Å²) in [6.45, 7) is 6.84. The third-order valence-corrected chi connectivity index (χ3v) is 6.63. The Balaban J connectivity index is 0.000000420. The highest BCUT2D eigenvalue weighted by Crippen LogP contribution is 2.39. The molecule has 43 heavy (non-hydrogen) atoms. The summed E-state index contributed by atoms with van der Waals surface area (Å²) in [4.78, 5) is 41.4. The molecule has 0 amide bonds. The molecule has 1 aromatic heterocycles. The van der Waals surface area contributed by atoms with Crippen LogP contribution in [-0.2, 0) is 26.5 Å². The normalized spacial score (nSPS) is 14.6. The van der Waals surface area contributed by atoms with E-state index in [1.807, 2.05) is 32.0 Å². The van der Waals surface area contributed by atoms with Crippen LogP contribution in [0.2, 0.25) is 0 Å². The lowest BCUT2D eigenvalue weighted by Gasteiger charge is -2.38. The second kappa shape index (κ2) is 15.9. The summed E-state index contributed by atoms with van der Waals surface area (Å²) >= 11 is 0. The van der Waals surface area contributed by atoms with Crippen LogP contribution < -0.4 is 18.9 Å². The Labute approximate surface area is 248 Å². The molecule has 1 aromatic carbocycles. The summed E-state index contributed by atoms with van der Waals surface area (Å²) in [5.74, 6) is -3.16. The molecule has 0 unspecified atom stereocenters. The number of hydrogen-bond acceptors (Lipinski definition) is 12. The molecule has 15 heteroatoms. The van der Waals surface area contributed by atoms with Crippen molar-refractivity contribution in [1.29, 1.82) is 0 Å². The van der Waals surface area contributed by atoms with Crippen LogP contribution in [0.15, 0.2) is 24.4 Å². The number of ether oxygens (including phenoxy) is 4. The number of carboxylic acid groups (broad SMARTS) is 3. The minimum absolute atomic E-state index is 0.260. The second-order valence-electron chi connectivity index (χ2n) is 9.68. The van der Waals surface area contributed by atoms with E-state index in [2.05, 4.69) is 14.9 Å². The van der Waals surface area contributed by atoms with Crippen LogP contribution in [0.25, 0.3) is 0 Å². The maximum atomic E-state index is 11.4. The van der Waals surface area contributed by atoms with Crippen molar-refractivity contribution >= 4 is 17.9 Å². The molecule has 0 aliphatic carbocycles. The number of aliphatic hydroxyl groups is 2. The fraction of sp³-hybridized carbons (Fsp3) is 0.536. The minimum atomic E-state index is -2.74. The van der Waals surface area contributed by atoms with Gasteiger partial charge in [-0.25, -0.2) is 9.78 Å². The maximum Gasteiger partial charge on any atom is 0.336 e. The smallest absolute Gasteiger partial charge is 0.336 e. The van der Waals surface area contributed by atoms with Gasteiger partial charge in [0.05, 0.1) is 51.4 Å². The first-order chi connectivity index (χ1) is 20.3. The standard InChI is InChI=1S/C22H31N3O5.C6H8O7/c1-5-29-20-17(14-23-21(24-20)30-6-2)22(26)10-12-25(13-11-22)15-16-8-7-9-18(27-3)19(16)28-4;7-3(8)1-6(13,5(11)12)2-4(9)10/h7-9,14,26H,5-6,10-13,15H2,1-4H3;13H,1-2H2,(H,7,8)(H,9,10)(H,11,12). The van der Waals surface area contributed by atoms with E-state index in [4.69, 9.17) is 39.4 Å². The number of aromatic nitrogens is 2. The molecule has 0 radical (unpaired) electrons. The number of carboxylic acids is 3. The molecule has 1 fully saturated rings. The van der Waals surface area contributed by atoms with Gasteiger partial charge in [0.1, 0.15) is 0 Å². The highest BCUT2D eigenvalue weighted by atomic mass is 16.5. The van der Waals surface area contributed by atoms with E-state index in [9.17, 15) is 19.5 Å². The molecule has 0 bridgehead atoms. The number of aliphatic carboxylic acids is 3. The van der Waals surface area contributed by atoms with E-state index >= 15 is 0 Å². The lowest BCUT2D eigenvalue weighted by molar-refractivity contribution is -0.170. The van der Waals surface area contributed by atoms with Gasteiger partial charge >= 0.3 is 23.9 Å². The molecule has 5 N–H and O–H groups in total. The van der Waals surface area contributed by atoms with Gasteiger partial charge in [-0.3, -0.25) is 14.5 Å². The molecule has 1 aliphatic rings. The fourth-order valence-electron chi connectivity index (χ4n) is 4.50. The first-order valence-electron chi connectivity index (χ1n) is 13.5. The van der Waals surface area contributed by atoms with Crippen molar-refractivity contribution in [3.05, 3.63) is 35.5 Å². The van der Waals surface area contributed by atoms with Crippen LogP contribution in [0.3, 0.4) is 0 Å². The van der Waals surface area contributed by atoms with E-state index in [0.29, 0.717) is 44.0 Å². The van der Waals surface area contributed by atoms with Crippen LogP contribution >= 0.6 is 0 Å². The van der Waals surface area contributed by atoms with Crippen molar-refractivity contribution in [3.63, 3.8) is 0 Å². The molecule has 238 valence electrons. The van der Waals surface area contributed by atoms with Gasteiger partial charge < -0.3 is 44.5 Å². The number of rotatable bonds is 14. The van der Waals surface area contributed by atoms with Gasteiger partial charge in [0, 0.05) is 31.4 Å². The van der Waals surface area contributed by atoms with Crippen LogP contribution in [0, 0.1) is 0 Å². The number of benzene rings is 1. The first kappa shape index (κ1) is 35.0. The third-order valence-electron chi connectivity index (χ3n) is 6.63. The molecule has 15 nitrogen and oxygen atoms in total. The molecule has 0 atom stereocenters. The molecule has 2 heterocycles. The molecule has 2 aromatic rings. The molecule has 0 spiro atoms. The van der Waals surface area contributed by atoms with Crippen molar-refractivity contribution in [1.82, 2.24) is 14.9 Å². The van der Waals surface area contributed by atoms with E-state index in [0.717, 1.165) is 30.2 Å². The monoisotopic (exact) mass is 609 g/mol. The average molecular weight is 610 g/mol.